The smallest absolute Gasteiger partial charge is 0.242 e. The lowest BCUT2D eigenvalue weighted by molar-refractivity contribution is -0.142. The molecule has 180 valence electrons. The van der Waals surface area contributed by atoms with Gasteiger partial charge in [-0.3, -0.25) is 9.59 Å². The molecule has 5 nitrogen and oxygen atoms in total. The number of thiophene rings is 1. The Morgan fingerprint density at radius 2 is 1.88 bits per heavy atom. The van der Waals surface area contributed by atoms with Gasteiger partial charge in [-0.1, -0.05) is 46.8 Å². The molecule has 0 aliphatic carbocycles. The van der Waals surface area contributed by atoms with E-state index in [0.29, 0.717) is 38.0 Å². The number of carbonyl (C=O) groups excluding carboxylic acids is 2. The van der Waals surface area contributed by atoms with E-state index in [2.05, 4.69) is 51.3 Å². The molecule has 0 saturated heterocycles. The number of ether oxygens (including phenoxy) is 1. The van der Waals surface area contributed by atoms with E-state index in [1.54, 1.807) is 16.2 Å². The van der Waals surface area contributed by atoms with Crippen molar-refractivity contribution in [1.82, 2.24) is 9.80 Å². The molecule has 2 aromatic rings. The van der Waals surface area contributed by atoms with Crippen LogP contribution in [0.1, 0.15) is 75.4 Å². The molecule has 1 atom stereocenters. The number of rotatable bonds is 10. The minimum atomic E-state index is -0.138. The molecule has 6 heteroatoms. The van der Waals surface area contributed by atoms with E-state index in [-0.39, 0.29) is 24.4 Å². The monoisotopic (exact) mass is 470 g/mol. The Bertz CT molecular complexity index is 920. The van der Waals surface area contributed by atoms with Gasteiger partial charge in [-0.2, -0.15) is 0 Å². The first-order valence-electron chi connectivity index (χ1n) is 12.2. The van der Waals surface area contributed by atoms with E-state index in [1.807, 2.05) is 24.0 Å². The summed E-state index contributed by atoms with van der Waals surface area (Å²) in [5, 5.41) is 2.10. The summed E-state index contributed by atoms with van der Waals surface area (Å²) in [5.74, 6) is 1.81. The van der Waals surface area contributed by atoms with Crippen LogP contribution in [0.4, 0.5) is 0 Å². The summed E-state index contributed by atoms with van der Waals surface area (Å²) in [7, 11) is 0. The first kappa shape index (κ1) is 25.3. The van der Waals surface area contributed by atoms with E-state index in [4.69, 9.17) is 4.74 Å². The van der Waals surface area contributed by atoms with Crippen LogP contribution in [0.25, 0.3) is 0 Å². The van der Waals surface area contributed by atoms with Crippen molar-refractivity contribution >= 4 is 23.2 Å². The largest absolute Gasteiger partial charge is 0.491 e. The molecule has 0 spiro atoms. The summed E-state index contributed by atoms with van der Waals surface area (Å²) < 4.78 is 6.17. The molecule has 2 amide bonds. The summed E-state index contributed by atoms with van der Waals surface area (Å²) in [6.07, 6.45) is 2.16. The number of nitrogens with zero attached hydrogens (tertiary/aromatic N) is 2. The molecular formula is C27H38N2O3S. The first-order chi connectivity index (χ1) is 15.8. The molecule has 1 aromatic heterocycles. The van der Waals surface area contributed by atoms with Crippen molar-refractivity contribution in [3.8, 4) is 5.75 Å². The standard InChI is InChI=1S/C27H38N2O3S/c1-6-26(30)28(14-11-19(2)3)17-27(31)29-15-12-25-23(13-16-33-25)24(29)18-32-22-9-7-21(8-10-22)20(4)5/h7-10,13,16,19-20,24H,6,11-12,14-15,17-18H2,1-5H3/t24-/m0/s1. The molecule has 0 saturated carbocycles. The van der Waals surface area contributed by atoms with Crippen LogP contribution in [0, 0.1) is 5.92 Å². The van der Waals surface area contributed by atoms with Crippen LogP contribution in [-0.2, 0) is 16.0 Å². The Kier molecular flexibility index (Phi) is 8.95. The molecule has 0 bridgehead atoms. The normalized spacial score (nSPS) is 15.6. The van der Waals surface area contributed by atoms with Gasteiger partial charge in [-0.05, 0) is 59.4 Å². The van der Waals surface area contributed by atoms with E-state index in [1.165, 1.54) is 16.0 Å². The maximum absolute atomic E-state index is 13.4. The van der Waals surface area contributed by atoms with Gasteiger partial charge in [0.05, 0.1) is 12.6 Å². The molecule has 0 radical (unpaired) electrons. The van der Waals surface area contributed by atoms with Gasteiger partial charge in [-0.15, -0.1) is 11.3 Å². The lowest BCUT2D eigenvalue weighted by Crippen LogP contribution is -2.48. The fraction of sp³-hybridized carbons (Fsp3) is 0.556. The third-order valence-electron chi connectivity index (χ3n) is 6.33. The van der Waals surface area contributed by atoms with Crippen molar-refractivity contribution in [2.75, 3.05) is 26.2 Å². The number of hydrogen-bond donors (Lipinski definition) is 0. The third-order valence-corrected chi connectivity index (χ3v) is 7.32. The summed E-state index contributed by atoms with van der Waals surface area (Å²) in [6, 6.07) is 10.2. The van der Waals surface area contributed by atoms with Crippen molar-refractivity contribution in [3.05, 3.63) is 51.7 Å². The highest BCUT2D eigenvalue weighted by Gasteiger charge is 2.33. The average Bonchev–Trinajstić information content (AvgIpc) is 3.28. The topological polar surface area (TPSA) is 49.9 Å². The number of amides is 2. The van der Waals surface area contributed by atoms with Crippen molar-refractivity contribution in [2.45, 2.75) is 65.8 Å². The van der Waals surface area contributed by atoms with Gasteiger partial charge >= 0.3 is 0 Å². The SMILES string of the molecule is CCC(=O)N(CCC(C)C)CC(=O)N1CCc2sccc2[C@@H]1COc1ccc(C(C)C)cc1. The molecule has 0 N–H and O–H groups in total. The van der Waals surface area contributed by atoms with Gasteiger partial charge < -0.3 is 14.5 Å². The van der Waals surface area contributed by atoms with Gasteiger partial charge in [0, 0.05) is 24.4 Å². The number of fused-ring (bicyclic) bond motifs is 1. The lowest BCUT2D eigenvalue weighted by atomic mass is 10.00. The van der Waals surface area contributed by atoms with E-state index >= 15 is 0 Å². The molecule has 33 heavy (non-hydrogen) atoms. The van der Waals surface area contributed by atoms with Crippen LogP contribution in [-0.4, -0.2) is 47.9 Å². The second-order valence-corrected chi connectivity index (χ2v) is 10.5. The van der Waals surface area contributed by atoms with Gasteiger partial charge in [0.1, 0.15) is 12.4 Å². The number of benzene rings is 1. The average molecular weight is 471 g/mol. The Labute approximate surface area is 202 Å². The summed E-state index contributed by atoms with van der Waals surface area (Å²) in [4.78, 5) is 30.9. The highest BCUT2D eigenvalue weighted by atomic mass is 32.1. The van der Waals surface area contributed by atoms with Crippen LogP contribution in [0.2, 0.25) is 0 Å². The minimum Gasteiger partial charge on any atom is -0.491 e. The Balaban J connectivity index is 1.73. The maximum atomic E-state index is 13.4. The van der Waals surface area contributed by atoms with Gasteiger partial charge in [0.15, 0.2) is 0 Å². The molecule has 2 heterocycles. The second-order valence-electron chi connectivity index (χ2n) is 9.54. The fourth-order valence-corrected chi connectivity index (χ4v) is 5.11. The Morgan fingerprint density at radius 1 is 1.15 bits per heavy atom. The zero-order valence-corrected chi connectivity index (χ0v) is 21.5. The molecule has 0 unspecified atom stereocenters. The van der Waals surface area contributed by atoms with Crippen molar-refractivity contribution < 1.29 is 14.3 Å². The van der Waals surface area contributed by atoms with Crippen molar-refractivity contribution in [1.29, 1.82) is 0 Å². The Morgan fingerprint density at radius 3 is 2.52 bits per heavy atom. The quantitative estimate of drug-likeness (QED) is 0.450. The summed E-state index contributed by atoms with van der Waals surface area (Å²) in [6.45, 7) is 12.3. The maximum Gasteiger partial charge on any atom is 0.242 e. The first-order valence-corrected chi connectivity index (χ1v) is 13.0. The zero-order valence-electron chi connectivity index (χ0n) is 20.7. The highest BCUT2D eigenvalue weighted by molar-refractivity contribution is 7.10. The van der Waals surface area contributed by atoms with Crippen LogP contribution >= 0.6 is 11.3 Å². The molecular weight excluding hydrogens is 432 g/mol. The van der Waals surface area contributed by atoms with Crippen molar-refractivity contribution in [2.24, 2.45) is 5.92 Å². The molecule has 0 fully saturated rings. The molecule has 3 rings (SSSR count). The molecule has 1 aliphatic rings. The Hall–Kier alpha value is -2.34. The predicted molar refractivity (Wildman–Crippen MR) is 135 cm³/mol. The summed E-state index contributed by atoms with van der Waals surface area (Å²) in [5.41, 5.74) is 2.45. The highest BCUT2D eigenvalue weighted by Crippen LogP contribution is 2.34. The van der Waals surface area contributed by atoms with Crippen LogP contribution < -0.4 is 4.74 Å². The lowest BCUT2D eigenvalue weighted by Gasteiger charge is -2.37. The van der Waals surface area contributed by atoms with Crippen LogP contribution in [0.5, 0.6) is 5.75 Å². The van der Waals surface area contributed by atoms with Crippen LogP contribution in [0.3, 0.4) is 0 Å². The number of hydrogen-bond acceptors (Lipinski definition) is 4. The van der Waals surface area contributed by atoms with E-state index < -0.39 is 0 Å². The van der Waals surface area contributed by atoms with Gasteiger partial charge in [0.25, 0.3) is 0 Å². The van der Waals surface area contributed by atoms with E-state index in [9.17, 15) is 9.59 Å². The minimum absolute atomic E-state index is 0.00108. The predicted octanol–water partition coefficient (Wildman–Crippen LogP) is 5.66. The van der Waals surface area contributed by atoms with E-state index in [0.717, 1.165) is 18.6 Å². The fourth-order valence-electron chi connectivity index (χ4n) is 4.18. The van der Waals surface area contributed by atoms with Gasteiger partial charge in [-0.25, -0.2) is 0 Å². The molecule has 1 aromatic carbocycles. The molecule has 1 aliphatic heterocycles. The van der Waals surface area contributed by atoms with Crippen LogP contribution in [0.15, 0.2) is 35.7 Å². The second kappa shape index (κ2) is 11.7. The third kappa shape index (κ3) is 6.59. The zero-order chi connectivity index (χ0) is 24.0. The summed E-state index contributed by atoms with van der Waals surface area (Å²) >= 11 is 1.75. The number of carbonyl (C=O) groups is 2. The van der Waals surface area contributed by atoms with Crippen molar-refractivity contribution in [3.63, 3.8) is 0 Å². The van der Waals surface area contributed by atoms with Gasteiger partial charge in [0.2, 0.25) is 11.8 Å².